The van der Waals surface area contributed by atoms with Gasteiger partial charge in [0.05, 0.1) is 11.6 Å². The van der Waals surface area contributed by atoms with Crippen molar-refractivity contribution in [1.29, 1.82) is 5.26 Å². The van der Waals surface area contributed by atoms with E-state index in [0.29, 0.717) is 5.56 Å². The van der Waals surface area contributed by atoms with Crippen LogP contribution < -0.4 is 5.32 Å². The zero-order chi connectivity index (χ0) is 22.2. The maximum absolute atomic E-state index is 8.95. The van der Waals surface area contributed by atoms with Crippen LogP contribution in [0, 0.1) is 17.2 Å². The summed E-state index contributed by atoms with van der Waals surface area (Å²) in [5.74, 6) is 0.832. The van der Waals surface area contributed by atoms with Gasteiger partial charge in [0.25, 0.3) is 0 Å². The maximum Gasteiger partial charge on any atom is 0.0991 e. The van der Waals surface area contributed by atoms with E-state index in [-0.39, 0.29) is 0 Å². The van der Waals surface area contributed by atoms with Gasteiger partial charge < -0.3 is 10.2 Å². The summed E-state index contributed by atoms with van der Waals surface area (Å²) in [6.07, 6.45) is 7.98. The fourth-order valence-corrected chi connectivity index (χ4v) is 4.60. The molecular formula is C28H35N3. The average Bonchev–Trinajstić information content (AvgIpc) is 2.83. The van der Waals surface area contributed by atoms with Crippen LogP contribution in [-0.4, -0.2) is 18.0 Å². The summed E-state index contributed by atoms with van der Waals surface area (Å²) in [6, 6.07) is 16.2. The van der Waals surface area contributed by atoms with E-state index < -0.39 is 0 Å². The molecule has 31 heavy (non-hydrogen) atoms. The predicted octanol–water partition coefficient (Wildman–Crippen LogP) is 7.08. The van der Waals surface area contributed by atoms with Crippen molar-refractivity contribution in [2.75, 3.05) is 18.4 Å². The van der Waals surface area contributed by atoms with Gasteiger partial charge in [0.1, 0.15) is 0 Å². The molecule has 0 atom stereocenters. The summed E-state index contributed by atoms with van der Waals surface area (Å²) < 4.78 is 0. The molecular weight excluding hydrogens is 378 g/mol. The highest BCUT2D eigenvalue weighted by atomic mass is 15.1. The number of nitrogens with zero attached hydrogens (tertiary/aromatic N) is 2. The van der Waals surface area contributed by atoms with Crippen molar-refractivity contribution < 1.29 is 0 Å². The van der Waals surface area contributed by atoms with E-state index in [9.17, 15) is 0 Å². The molecule has 4 rings (SSSR count). The van der Waals surface area contributed by atoms with Crippen LogP contribution in [0.4, 0.5) is 5.69 Å². The van der Waals surface area contributed by atoms with E-state index in [1.807, 2.05) is 38.1 Å². The Morgan fingerprint density at radius 1 is 1.10 bits per heavy atom. The number of benzene rings is 2. The van der Waals surface area contributed by atoms with Crippen molar-refractivity contribution >= 4 is 17.1 Å². The number of fused-ring (bicyclic) bond motifs is 1. The highest BCUT2D eigenvalue weighted by Gasteiger charge is 2.23. The van der Waals surface area contributed by atoms with Crippen molar-refractivity contribution in [3.63, 3.8) is 0 Å². The molecule has 0 spiro atoms. The molecule has 0 bridgehead atoms. The first-order valence-corrected chi connectivity index (χ1v) is 11.7. The van der Waals surface area contributed by atoms with Gasteiger partial charge >= 0.3 is 0 Å². The fourth-order valence-electron chi connectivity index (χ4n) is 4.60. The van der Waals surface area contributed by atoms with Gasteiger partial charge in [-0.05, 0) is 60.6 Å². The second-order valence-corrected chi connectivity index (χ2v) is 8.31. The molecule has 1 N–H and O–H groups in total. The van der Waals surface area contributed by atoms with Crippen LogP contribution in [0.2, 0.25) is 0 Å². The molecule has 1 aliphatic carbocycles. The minimum Gasteiger partial charge on any atom is -0.371 e. The third-order valence-electron chi connectivity index (χ3n) is 6.31. The van der Waals surface area contributed by atoms with Crippen molar-refractivity contribution in [2.45, 2.75) is 52.4 Å². The maximum atomic E-state index is 8.95. The number of rotatable bonds is 5. The van der Waals surface area contributed by atoms with Gasteiger partial charge in [-0.15, -0.1) is 0 Å². The molecule has 0 unspecified atom stereocenters. The molecule has 1 heterocycles. The Balaban J connectivity index is 0.00000132. The standard InChI is InChI=1S/C26H29N3.C2H6/c1-19(23-10-8-21(17-27)9-11-23)28-25-12-13-26-20(2)29(15-14-24(26)16-25)18-22-6-4-3-5-7-22;1-2/h8-13,16,22,28H,1-7,14-15,18H2;1-2H3. The summed E-state index contributed by atoms with van der Waals surface area (Å²) in [7, 11) is 0. The Labute approximate surface area is 188 Å². The van der Waals surface area contributed by atoms with E-state index in [0.717, 1.165) is 42.4 Å². The summed E-state index contributed by atoms with van der Waals surface area (Å²) in [5, 5.41) is 12.4. The predicted molar refractivity (Wildman–Crippen MR) is 132 cm³/mol. The minimum absolute atomic E-state index is 0.659. The van der Waals surface area contributed by atoms with Gasteiger partial charge in [-0.1, -0.05) is 64.5 Å². The number of nitriles is 1. The van der Waals surface area contributed by atoms with Crippen molar-refractivity contribution in [3.05, 3.63) is 77.9 Å². The number of nitrogens with one attached hydrogen (secondary N) is 1. The lowest BCUT2D eigenvalue weighted by molar-refractivity contribution is 0.262. The van der Waals surface area contributed by atoms with E-state index in [1.165, 1.54) is 48.9 Å². The highest BCUT2D eigenvalue weighted by Crippen LogP contribution is 2.33. The van der Waals surface area contributed by atoms with Gasteiger partial charge in [0.2, 0.25) is 0 Å². The zero-order valence-corrected chi connectivity index (χ0v) is 19.1. The molecule has 1 aliphatic heterocycles. The van der Waals surface area contributed by atoms with Crippen LogP contribution in [0.25, 0.3) is 11.4 Å². The SMILES string of the molecule is C=C(Nc1ccc2c(c1)CCN(CC1CCCCC1)C2=C)c1ccc(C#N)cc1.CC. The smallest absolute Gasteiger partial charge is 0.0991 e. The summed E-state index contributed by atoms with van der Waals surface area (Å²) in [6.45, 7) is 14.8. The number of hydrogen-bond acceptors (Lipinski definition) is 3. The Hall–Kier alpha value is -2.99. The van der Waals surface area contributed by atoms with Gasteiger partial charge in [0.15, 0.2) is 0 Å². The van der Waals surface area contributed by atoms with Crippen molar-refractivity contribution in [1.82, 2.24) is 4.90 Å². The van der Waals surface area contributed by atoms with Gasteiger partial charge in [-0.25, -0.2) is 0 Å². The van der Waals surface area contributed by atoms with Crippen LogP contribution in [0.15, 0.2) is 55.6 Å². The number of hydrogen-bond donors (Lipinski definition) is 1. The summed E-state index contributed by atoms with van der Waals surface area (Å²) in [4.78, 5) is 2.50. The average molecular weight is 414 g/mol. The topological polar surface area (TPSA) is 39.1 Å². The Morgan fingerprint density at radius 3 is 2.48 bits per heavy atom. The van der Waals surface area contributed by atoms with Crippen LogP contribution in [-0.2, 0) is 6.42 Å². The van der Waals surface area contributed by atoms with Gasteiger partial charge in [0, 0.05) is 35.7 Å². The lowest BCUT2D eigenvalue weighted by atomic mass is 9.87. The second-order valence-electron chi connectivity index (χ2n) is 8.31. The van der Waals surface area contributed by atoms with E-state index >= 15 is 0 Å². The molecule has 2 aliphatic rings. The quantitative estimate of drug-likeness (QED) is 0.569. The molecule has 3 heteroatoms. The molecule has 2 aromatic carbocycles. The normalized spacial score (nSPS) is 15.9. The number of anilines is 1. The minimum atomic E-state index is 0.659. The van der Waals surface area contributed by atoms with Gasteiger partial charge in [-0.2, -0.15) is 5.26 Å². The summed E-state index contributed by atoms with van der Waals surface area (Å²) in [5.41, 5.74) is 7.34. The third kappa shape index (κ3) is 5.58. The second kappa shape index (κ2) is 10.9. The largest absolute Gasteiger partial charge is 0.371 e. The monoisotopic (exact) mass is 413 g/mol. The third-order valence-corrected chi connectivity index (χ3v) is 6.31. The first-order chi connectivity index (χ1) is 15.1. The van der Waals surface area contributed by atoms with Gasteiger partial charge in [-0.3, -0.25) is 0 Å². The lowest BCUT2D eigenvalue weighted by Crippen LogP contribution is -2.34. The summed E-state index contributed by atoms with van der Waals surface area (Å²) >= 11 is 0. The van der Waals surface area contributed by atoms with Crippen LogP contribution in [0.5, 0.6) is 0 Å². The zero-order valence-electron chi connectivity index (χ0n) is 19.1. The van der Waals surface area contributed by atoms with Crippen molar-refractivity contribution in [2.24, 2.45) is 5.92 Å². The van der Waals surface area contributed by atoms with E-state index in [1.54, 1.807) is 0 Å². The Morgan fingerprint density at radius 2 is 1.81 bits per heavy atom. The fraction of sp³-hybridized carbons (Fsp3) is 0.393. The molecule has 1 fully saturated rings. The first kappa shape index (κ1) is 22.7. The molecule has 0 amide bonds. The molecule has 162 valence electrons. The molecule has 0 radical (unpaired) electrons. The van der Waals surface area contributed by atoms with Crippen LogP contribution in [0.1, 0.15) is 68.2 Å². The van der Waals surface area contributed by atoms with E-state index in [4.69, 9.17) is 5.26 Å². The van der Waals surface area contributed by atoms with Crippen LogP contribution in [0.3, 0.4) is 0 Å². The molecule has 1 saturated carbocycles. The van der Waals surface area contributed by atoms with Crippen molar-refractivity contribution in [3.8, 4) is 6.07 Å². The molecule has 0 aromatic heterocycles. The van der Waals surface area contributed by atoms with Crippen LogP contribution >= 0.6 is 0 Å². The molecule has 3 nitrogen and oxygen atoms in total. The first-order valence-electron chi connectivity index (χ1n) is 11.7. The van der Waals surface area contributed by atoms with E-state index in [2.05, 4.69) is 47.6 Å². The highest BCUT2D eigenvalue weighted by molar-refractivity contribution is 5.77. The molecule has 2 aromatic rings. The molecule has 0 saturated heterocycles. The lowest BCUT2D eigenvalue weighted by Gasteiger charge is -2.36. The Bertz CT molecular complexity index is 943. The Kier molecular flexibility index (Phi) is 7.95.